The average molecular weight is 206 g/mol. The van der Waals surface area contributed by atoms with Crippen LogP contribution in [0.15, 0.2) is 30.3 Å². The van der Waals surface area contributed by atoms with Gasteiger partial charge in [0.1, 0.15) is 6.10 Å². The number of carbonyl (C=O) groups is 1. The smallest absolute Gasteiger partial charge is 0.303 e. The highest BCUT2D eigenvalue weighted by molar-refractivity contribution is 5.66. The molecule has 1 rings (SSSR count). The summed E-state index contributed by atoms with van der Waals surface area (Å²) < 4.78 is 5.31. The maximum absolute atomic E-state index is 11.0. The average Bonchev–Trinajstić information content (AvgIpc) is 2.17. The van der Waals surface area contributed by atoms with Gasteiger partial charge in [-0.25, -0.2) is 0 Å². The van der Waals surface area contributed by atoms with Crippen LogP contribution in [0.2, 0.25) is 0 Å². The highest BCUT2D eigenvalue weighted by Crippen LogP contribution is 2.24. The molecule has 0 fully saturated rings. The van der Waals surface area contributed by atoms with Gasteiger partial charge in [0, 0.05) is 6.92 Å². The first-order valence-electron chi connectivity index (χ1n) is 5.31. The van der Waals surface area contributed by atoms with Gasteiger partial charge in [-0.3, -0.25) is 4.79 Å². The molecule has 0 spiro atoms. The zero-order valence-electron chi connectivity index (χ0n) is 9.57. The number of carbonyl (C=O) groups excluding carboxylic acids is 1. The summed E-state index contributed by atoms with van der Waals surface area (Å²) in [6, 6.07) is 9.88. The lowest BCUT2D eigenvalue weighted by molar-refractivity contribution is -0.147. The second-order valence-electron chi connectivity index (χ2n) is 4.14. The summed E-state index contributed by atoms with van der Waals surface area (Å²) >= 11 is 0. The number of hydrogen-bond acceptors (Lipinski definition) is 2. The Morgan fingerprint density at radius 1 is 1.27 bits per heavy atom. The number of benzene rings is 1. The summed E-state index contributed by atoms with van der Waals surface area (Å²) in [4.78, 5) is 11.0. The molecule has 2 nitrogen and oxygen atoms in total. The normalized spacial score (nSPS) is 12.5. The van der Waals surface area contributed by atoms with Crippen molar-refractivity contribution in [1.82, 2.24) is 0 Å². The van der Waals surface area contributed by atoms with E-state index < -0.39 is 0 Å². The molecule has 0 aromatic heterocycles. The molecule has 0 unspecified atom stereocenters. The SMILES string of the molecule is CC(=O)O[C@H](CC(C)C)c1ccccc1. The van der Waals surface area contributed by atoms with Gasteiger partial charge in [0.2, 0.25) is 0 Å². The Labute approximate surface area is 91.3 Å². The minimum atomic E-state index is -0.218. The number of ether oxygens (including phenoxy) is 1. The first kappa shape index (κ1) is 11.8. The molecule has 0 bridgehead atoms. The number of hydrogen-bond donors (Lipinski definition) is 0. The Balaban J connectivity index is 2.76. The third-order valence-electron chi connectivity index (χ3n) is 2.17. The van der Waals surface area contributed by atoms with Gasteiger partial charge in [-0.2, -0.15) is 0 Å². The van der Waals surface area contributed by atoms with Gasteiger partial charge in [-0.05, 0) is 17.9 Å². The molecule has 0 saturated heterocycles. The molecule has 1 aromatic carbocycles. The molecule has 0 amide bonds. The van der Waals surface area contributed by atoms with Crippen molar-refractivity contribution >= 4 is 5.97 Å². The van der Waals surface area contributed by atoms with Crippen molar-refractivity contribution < 1.29 is 9.53 Å². The van der Waals surface area contributed by atoms with Crippen LogP contribution in [0, 0.1) is 5.92 Å². The van der Waals surface area contributed by atoms with E-state index in [1.165, 1.54) is 6.92 Å². The minimum absolute atomic E-state index is 0.108. The van der Waals surface area contributed by atoms with Crippen LogP contribution in [-0.4, -0.2) is 5.97 Å². The molecule has 0 radical (unpaired) electrons. The quantitative estimate of drug-likeness (QED) is 0.706. The molecule has 0 heterocycles. The molecule has 0 aliphatic heterocycles. The van der Waals surface area contributed by atoms with E-state index in [9.17, 15) is 4.79 Å². The fourth-order valence-corrected chi connectivity index (χ4v) is 1.55. The van der Waals surface area contributed by atoms with E-state index >= 15 is 0 Å². The van der Waals surface area contributed by atoms with E-state index in [4.69, 9.17) is 4.74 Å². The van der Waals surface area contributed by atoms with Gasteiger partial charge in [-0.1, -0.05) is 44.2 Å². The first-order valence-corrected chi connectivity index (χ1v) is 5.31. The molecule has 0 saturated carbocycles. The maximum atomic E-state index is 11.0. The van der Waals surface area contributed by atoms with Gasteiger partial charge in [0.15, 0.2) is 0 Å². The Kier molecular flexibility index (Phi) is 4.35. The molecule has 1 aromatic rings. The van der Waals surface area contributed by atoms with Gasteiger partial charge >= 0.3 is 5.97 Å². The number of rotatable bonds is 4. The van der Waals surface area contributed by atoms with Crippen LogP contribution in [0.25, 0.3) is 0 Å². The van der Waals surface area contributed by atoms with E-state index in [0.717, 1.165) is 12.0 Å². The first-order chi connectivity index (χ1) is 7.09. The van der Waals surface area contributed by atoms with Crippen molar-refractivity contribution in [2.24, 2.45) is 5.92 Å². The monoisotopic (exact) mass is 206 g/mol. The topological polar surface area (TPSA) is 26.3 Å². The molecular weight excluding hydrogens is 188 g/mol. The van der Waals surface area contributed by atoms with Crippen LogP contribution in [-0.2, 0) is 9.53 Å². The molecule has 15 heavy (non-hydrogen) atoms. The zero-order valence-corrected chi connectivity index (χ0v) is 9.57. The van der Waals surface area contributed by atoms with Crippen LogP contribution in [0.3, 0.4) is 0 Å². The van der Waals surface area contributed by atoms with Crippen LogP contribution in [0.4, 0.5) is 0 Å². The van der Waals surface area contributed by atoms with Crippen molar-refractivity contribution in [3.8, 4) is 0 Å². The van der Waals surface area contributed by atoms with Crippen molar-refractivity contribution in [2.75, 3.05) is 0 Å². The summed E-state index contributed by atoms with van der Waals surface area (Å²) in [6.07, 6.45) is 0.757. The van der Waals surface area contributed by atoms with E-state index in [1.54, 1.807) is 0 Å². The second-order valence-corrected chi connectivity index (χ2v) is 4.14. The summed E-state index contributed by atoms with van der Waals surface area (Å²) in [5, 5.41) is 0. The Bertz CT molecular complexity index is 304. The minimum Gasteiger partial charge on any atom is -0.458 e. The fraction of sp³-hybridized carbons (Fsp3) is 0.462. The van der Waals surface area contributed by atoms with Crippen LogP contribution >= 0.6 is 0 Å². The second kappa shape index (κ2) is 5.54. The molecule has 0 aliphatic rings. The summed E-state index contributed by atoms with van der Waals surface area (Å²) in [7, 11) is 0. The van der Waals surface area contributed by atoms with Gasteiger partial charge in [0.25, 0.3) is 0 Å². The Morgan fingerprint density at radius 3 is 2.33 bits per heavy atom. The molecule has 0 aliphatic carbocycles. The lowest BCUT2D eigenvalue weighted by Crippen LogP contribution is -2.10. The zero-order chi connectivity index (χ0) is 11.3. The Morgan fingerprint density at radius 2 is 1.87 bits per heavy atom. The molecule has 2 heteroatoms. The third kappa shape index (κ3) is 4.15. The highest BCUT2D eigenvalue weighted by Gasteiger charge is 2.15. The molecular formula is C13H18O2. The molecule has 82 valence electrons. The van der Waals surface area contributed by atoms with Crippen LogP contribution in [0.5, 0.6) is 0 Å². The van der Waals surface area contributed by atoms with E-state index in [2.05, 4.69) is 13.8 Å². The standard InChI is InChI=1S/C13H18O2/c1-10(2)9-13(15-11(3)14)12-7-5-4-6-8-12/h4-8,10,13H,9H2,1-3H3/t13-/m1/s1. The van der Waals surface area contributed by atoms with E-state index in [-0.39, 0.29) is 12.1 Å². The predicted octanol–water partition coefficient (Wildman–Crippen LogP) is 3.34. The fourth-order valence-electron chi connectivity index (χ4n) is 1.55. The van der Waals surface area contributed by atoms with Gasteiger partial charge in [0.05, 0.1) is 0 Å². The largest absolute Gasteiger partial charge is 0.458 e. The van der Waals surface area contributed by atoms with E-state index in [1.807, 2.05) is 30.3 Å². The summed E-state index contributed by atoms with van der Waals surface area (Å²) in [5.41, 5.74) is 1.07. The lowest BCUT2D eigenvalue weighted by Gasteiger charge is -2.19. The maximum Gasteiger partial charge on any atom is 0.303 e. The summed E-state index contributed by atoms with van der Waals surface area (Å²) in [6.45, 7) is 5.70. The van der Waals surface area contributed by atoms with Crippen molar-refractivity contribution in [1.29, 1.82) is 0 Å². The van der Waals surface area contributed by atoms with Crippen molar-refractivity contribution in [3.05, 3.63) is 35.9 Å². The highest BCUT2D eigenvalue weighted by atomic mass is 16.5. The molecule has 0 N–H and O–H groups in total. The van der Waals surface area contributed by atoms with E-state index in [0.29, 0.717) is 5.92 Å². The Hall–Kier alpha value is -1.31. The van der Waals surface area contributed by atoms with Gasteiger partial charge < -0.3 is 4.74 Å². The van der Waals surface area contributed by atoms with Gasteiger partial charge in [-0.15, -0.1) is 0 Å². The molecule has 1 atom stereocenters. The lowest BCUT2D eigenvalue weighted by atomic mass is 9.99. The summed E-state index contributed by atoms with van der Waals surface area (Å²) in [5.74, 6) is 0.291. The van der Waals surface area contributed by atoms with Crippen LogP contribution < -0.4 is 0 Å². The third-order valence-corrected chi connectivity index (χ3v) is 2.17. The van der Waals surface area contributed by atoms with Crippen molar-refractivity contribution in [2.45, 2.75) is 33.3 Å². The predicted molar refractivity (Wildman–Crippen MR) is 60.4 cm³/mol. The number of esters is 1. The van der Waals surface area contributed by atoms with Crippen LogP contribution in [0.1, 0.15) is 38.9 Å². The van der Waals surface area contributed by atoms with Crippen molar-refractivity contribution in [3.63, 3.8) is 0 Å².